The van der Waals surface area contributed by atoms with Crippen molar-refractivity contribution >= 4 is 29.2 Å². The van der Waals surface area contributed by atoms with Gasteiger partial charge in [-0.1, -0.05) is 11.6 Å². The van der Waals surface area contributed by atoms with Gasteiger partial charge in [-0.3, -0.25) is 9.59 Å². The zero-order valence-corrected chi connectivity index (χ0v) is 12.4. The molecule has 0 spiro atoms. The van der Waals surface area contributed by atoms with E-state index in [9.17, 15) is 9.59 Å². The molecule has 0 aliphatic heterocycles. The second-order valence-corrected chi connectivity index (χ2v) is 5.12. The molecule has 0 bridgehead atoms. The lowest BCUT2D eigenvalue weighted by molar-refractivity contribution is -0.135. The van der Waals surface area contributed by atoms with Gasteiger partial charge >= 0.3 is 5.97 Å². The largest absolute Gasteiger partial charge is 0.480 e. The highest BCUT2D eigenvalue weighted by molar-refractivity contribution is 6.30. The van der Waals surface area contributed by atoms with E-state index < -0.39 is 5.97 Å². The van der Waals surface area contributed by atoms with Gasteiger partial charge < -0.3 is 14.9 Å². The van der Waals surface area contributed by atoms with Crippen LogP contribution in [0.2, 0.25) is 5.02 Å². The summed E-state index contributed by atoms with van der Waals surface area (Å²) in [7, 11) is 3.41. The number of anilines is 1. The monoisotopic (exact) mass is 298 g/mol. The standard InChI is InChI=1S/C14H19ClN2O3/c1-16(2)13(18)4-3-9-17(10-14(19)20)12-7-5-11(15)6-8-12/h5-8H,3-4,9-10H2,1-2H3,(H,19,20). The number of hydrogen-bond donors (Lipinski definition) is 1. The highest BCUT2D eigenvalue weighted by atomic mass is 35.5. The molecule has 110 valence electrons. The maximum atomic E-state index is 11.5. The molecule has 0 fully saturated rings. The Hall–Kier alpha value is -1.75. The lowest BCUT2D eigenvalue weighted by atomic mass is 10.2. The maximum absolute atomic E-state index is 11.5. The highest BCUT2D eigenvalue weighted by Gasteiger charge is 2.12. The fraction of sp³-hybridized carbons (Fsp3) is 0.429. The minimum atomic E-state index is -0.904. The first-order chi connectivity index (χ1) is 9.40. The van der Waals surface area contributed by atoms with Crippen LogP contribution in [0, 0.1) is 0 Å². The molecule has 1 N–H and O–H groups in total. The number of amides is 1. The summed E-state index contributed by atoms with van der Waals surface area (Å²) in [6.07, 6.45) is 1.00. The van der Waals surface area contributed by atoms with Gasteiger partial charge in [-0.15, -0.1) is 0 Å². The number of halogens is 1. The van der Waals surface area contributed by atoms with Crippen LogP contribution >= 0.6 is 11.6 Å². The number of benzene rings is 1. The molecule has 0 aliphatic carbocycles. The van der Waals surface area contributed by atoms with Crippen LogP contribution in [-0.4, -0.2) is 49.1 Å². The molecule has 0 aliphatic rings. The van der Waals surface area contributed by atoms with Crippen LogP contribution in [0.1, 0.15) is 12.8 Å². The third kappa shape index (κ3) is 5.48. The van der Waals surface area contributed by atoms with E-state index in [0.29, 0.717) is 24.4 Å². The summed E-state index contributed by atoms with van der Waals surface area (Å²) in [4.78, 5) is 25.7. The number of hydrogen-bond acceptors (Lipinski definition) is 3. The molecule has 0 aromatic heterocycles. The van der Waals surface area contributed by atoms with Gasteiger partial charge in [-0.05, 0) is 30.7 Å². The fourth-order valence-corrected chi connectivity index (χ4v) is 1.89. The van der Waals surface area contributed by atoms with Crippen LogP contribution in [0.5, 0.6) is 0 Å². The normalized spacial score (nSPS) is 10.2. The molecule has 1 amide bonds. The predicted molar refractivity (Wildman–Crippen MR) is 79.2 cm³/mol. The number of aliphatic carboxylic acids is 1. The molecule has 0 saturated heterocycles. The summed E-state index contributed by atoms with van der Waals surface area (Å²) in [6.45, 7) is 0.408. The second-order valence-electron chi connectivity index (χ2n) is 4.68. The third-order valence-corrected chi connectivity index (χ3v) is 3.09. The Kier molecular flexibility index (Phi) is 6.31. The molecule has 0 saturated carbocycles. The van der Waals surface area contributed by atoms with Crippen LogP contribution in [0.25, 0.3) is 0 Å². The maximum Gasteiger partial charge on any atom is 0.323 e. The van der Waals surface area contributed by atoms with Crippen molar-refractivity contribution in [2.45, 2.75) is 12.8 Å². The average Bonchev–Trinajstić information content (AvgIpc) is 2.37. The number of carboxylic acids is 1. The van der Waals surface area contributed by atoms with E-state index in [1.165, 1.54) is 4.90 Å². The van der Waals surface area contributed by atoms with Crippen molar-refractivity contribution in [1.29, 1.82) is 0 Å². The summed E-state index contributed by atoms with van der Waals surface area (Å²) in [5.74, 6) is -0.865. The summed E-state index contributed by atoms with van der Waals surface area (Å²) in [6, 6.07) is 6.99. The van der Waals surface area contributed by atoms with E-state index in [-0.39, 0.29) is 12.5 Å². The first-order valence-corrected chi connectivity index (χ1v) is 6.70. The van der Waals surface area contributed by atoms with Crippen LogP contribution in [0.4, 0.5) is 5.69 Å². The lowest BCUT2D eigenvalue weighted by Gasteiger charge is -2.23. The van der Waals surface area contributed by atoms with Gasteiger partial charge in [-0.25, -0.2) is 0 Å². The molecule has 0 radical (unpaired) electrons. The Morgan fingerprint density at radius 2 is 1.80 bits per heavy atom. The predicted octanol–water partition coefficient (Wildman–Crippen LogP) is 2.10. The summed E-state index contributed by atoms with van der Waals surface area (Å²) in [5, 5.41) is 9.56. The molecule has 0 atom stereocenters. The first kappa shape index (κ1) is 16.3. The van der Waals surface area contributed by atoms with E-state index >= 15 is 0 Å². The van der Waals surface area contributed by atoms with Gasteiger partial charge in [0.2, 0.25) is 5.91 Å². The number of carbonyl (C=O) groups excluding carboxylic acids is 1. The fourth-order valence-electron chi connectivity index (χ4n) is 1.76. The van der Waals surface area contributed by atoms with Crippen molar-refractivity contribution in [3.05, 3.63) is 29.3 Å². The third-order valence-electron chi connectivity index (χ3n) is 2.84. The molecule has 1 aromatic carbocycles. The molecule has 20 heavy (non-hydrogen) atoms. The van der Waals surface area contributed by atoms with Crippen molar-refractivity contribution in [3.8, 4) is 0 Å². The highest BCUT2D eigenvalue weighted by Crippen LogP contribution is 2.18. The molecule has 0 unspecified atom stereocenters. The Morgan fingerprint density at radius 1 is 1.20 bits per heavy atom. The topological polar surface area (TPSA) is 60.9 Å². The number of nitrogens with zero attached hydrogens (tertiary/aromatic N) is 2. The zero-order chi connectivity index (χ0) is 15.1. The Balaban J connectivity index is 2.63. The minimum Gasteiger partial charge on any atom is -0.480 e. The number of rotatable bonds is 7. The van der Waals surface area contributed by atoms with Gasteiger partial charge in [0.1, 0.15) is 6.54 Å². The second kappa shape index (κ2) is 7.75. The van der Waals surface area contributed by atoms with Crippen molar-refractivity contribution in [2.24, 2.45) is 0 Å². The average molecular weight is 299 g/mol. The van der Waals surface area contributed by atoms with E-state index in [4.69, 9.17) is 16.7 Å². The number of carbonyl (C=O) groups is 2. The zero-order valence-electron chi connectivity index (χ0n) is 11.7. The van der Waals surface area contributed by atoms with E-state index in [1.807, 2.05) is 0 Å². The lowest BCUT2D eigenvalue weighted by Crippen LogP contribution is -2.31. The molecular weight excluding hydrogens is 280 g/mol. The van der Waals surface area contributed by atoms with Gasteiger partial charge in [0.15, 0.2) is 0 Å². The van der Waals surface area contributed by atoms with E-state index in [0.717, 1.165) is 5.69 Å². The van der Waals surface area contributed by atoms with Gasteiger partial charge in [0, 0.05) is 37.8 Å². The van der Waals surface area contributed by atoms with Crippen molar-refractivity contribution in [1.82, 2.24) is 4.90 Å². The first-order valence-electron chi connectivity index (χ1n) is 6.32. The summed E-state index contributed by atoms with van der Waals surface area (Å²) in [5.41, 5.74) is 0.786. The van der Waals surface area contributed by atoms with Crippen LogP contribution in [-0.2, 0) is 9.59 Å². The Morgan fingerprint density at radius 3 is 2.30 bits per heavy atom. The molecule has 6 heteroatoms. The van der Waals surface area contributed by atoms with Crippen molar-refractivity contribution in [2.75, 3.05) is 32.1 Å². The number of carboxylic acid groups (broad SMARTS) is 1. The minimum absolute atomic E-state index is 0.0383. The SMILES string of the molecule is CN(C)C(=O)CCCN(CC(=O)O)c1ccc(Cl)cc1. The molecule has 1 aromatic rings. The Labute approximate surface area is 123 Å². The smallest absolute Gasteiger partial charge is 0.323 e. The van der Waals surface area contributed by atoms with Crippen LogP contribution < -0.4 is 4.90 Å². The van der Waals surface area contributed by atoms with Crippen molar-refractivity contribution in [3.63, 3.8) is 0 Å². The molecule has 5 nitrogen and oxygen atoms in total. The van der Waals surface area contributed by atoms with E-state index in [1.54, 1.807) is 43.3 Å². The summed E-state index contributed by atoms with van der Waals surface area (Å²) >= 11 is 5.82. The van der Waals surface area contributed by atoms with Crippen LogP contribution in [0.15, 0.2) is 24.3 Å². The van der Waals surface area contributed by atoms with Crippen molar-refractivity contribution < 1.29 is 14.7 Å². The van der Waals surface area contributed by atoms with Gasteiger partial charge in [0.05, 0.1) is 0 Å². The van der Waals surface area contributed by atoms with Gasteiger partial charge in [-0.2, -0.15) is 0 Å². The Bertz CT molecular complexity index is 460. The molecule has 1 rings (SSSR count). The molecule has 0 heterocycles. The quantitative estimate of drug-likeness (QED) is 0.837. The van der Waals surface area contributed by atoms with E-state index in [2.05, 4.69) is 0 Å². The molecular formula is C14H19ClN2O3. The van der Waals surface area contributed by atoms with Gasteiger partial charge in [0.25, 0.3) is 0 Å². The van der Waals surface area contributed by atoms with Crippen LogP contribution in [0.3, 0.4) is 0 Å². The summed E-state index contributed by atoms with van der Waals surface area (Å²) < 4.78 is 0.